The largest absolute Gasteiger partial charge is 0.311 e. The molecule has 110 valence electrons. The molecule has 2 atom stereocenters. The van der Waals surface area contributed by atoms with E-state index in [2.05, 4.69) is 47.5 Å². The van der Waals surface area contributed by atoms with Crippen molar-refractivity contribution in [1.82, 2.24) is 10.2 Å². The summed E-state index contributed by atoms with van der Waals surface area (Å²) in [6.45, 7) is 6.00. The molecular weight excluding hydrogens is 244 g/mol. The summed E-state index contributed by atoms with van der Waals surface area (Å²) >= 11 is 0. The van der Waals surface area contributed by atoms with E-state index in [-0.39, 0.29) is 0 Å². The molecule has 0 amide bonds. The first-order valence-electron chi connectivity index (χ1n) is 8.32. The van der Waals surface area contributed by atoms with E-state index >= 15 is 0 Å². The van der Waals surface area contributed by atoms with Gasteiger partial charge in [0.1, 0.15) is 0 Å². The molecule has 1 N–H and O–H groups in total. The predicted molar refractivity (Wildman–Crippen MR) is 84.7 cm³/mol. The lowest BCUT2D eigenvalue weighted by Crippen LogP contribution is -2.45. The minimum Gasteiger partial charge on any atom is -0.311 e. The third-order valence-corrected chi connectivity index (χ3v) is 5.00. The van der Waals surface area contributed by atoms with Crippen LogP contribution in [0.15, 0.2) is 30.3 Å². The summed E-state index contributed by atoms with van der Waals surface area (Å²) in [7, 11) is 0. The molecule has 2 fully saturated rings. The van der Waals surface area contributed by atoms with Gasteiger partial charge in [-0.15, -0.1) is 0 Å². The molecule has 20 heavy (non-hydrogen) atoms. The highest BCUT2D eigenvalue weighted by Crippen LogP contribution is 2.26. The maximum Gasteiger partial charge on any atom is 0.0233 e. The van der Waals surface area contributed by atoms with E-state index in [0.717, 1.165) is 24.5 Å². The second kappa shape index (κ2) is 6.73. The number of benzene rings is 1. The fraction of sp³-hybridized carbons (Fsp3) is 0.667. The zero-order valence-corrected chi connectivity index (χ0v) is 12.7. The maximum absolute atomic E-state index is 3.91. The summed E-state index contributed by atoms with van der Waals surface area (Å²) in [6.07, 6.45) is 6.84. The summed E-state index contributed by atoms with van der Waals surface area (Å²) in [5.41, 5.74) is 1.45. The minimum atomic E-state index is 0.761. The molecular formula is C18H28N2. The van der Waals surface area contributed by atoms with Gasteiger partial charge in [-0.05, 0) is 56.7 Å². The number of hydrogen-bond acceptors (Lipinski definition) is 2. The van der Waals surface area contributed by atoms with Crippen molar-refractivity contribution in [3.8, 4) is 0 Å². The van der Waals surface area contributed by atoms with Gasteiger partial charge in [0.25, 0.3) is 0 Å². The Labute approximate surface area is 123 Å². The van der Waals surface area contributed by atoms with Crippen LogP contribution < -0.4 is 5.32 Å². The average molecular weight is 272 g/mol. The number of nitrogens with one attached hydrogen (secondary N) is 1. The van der Waals surface area contributed by atoms with Crippen LogP contribution in [0.2, 0.25) is 0 Å². The average Bonchev–Trinajstić information content (AvgIpc) is 2.88. The lowest BCUT2D eigenvalue weighted by molar-refractivity contribution is 0.183. The van der Waals surface area contributed by atoms with Crippen molar-refractivity contribution in [3.63, 3.8) is 0 Å². The molecule has 0 unspecified atom stereocenters. The van der Waals surface area contributed by atoms with Crippen LogP contribution in [0.25, 0.3) is 0 Å². The number of piperidine rings is 1. The van der Waals surface area contributed by atoms with E-state index in [4.69, 9.17) is 0 Å². The van der Waals surface area contributed by atoms with Crippen LogP contribution in [-0.4, -0.2) is 30.1 Å². The van der Waals surface area contributed by atoms with Crippen LogP contribution in [0.5, 0.6) is 0 Å². The highest BCUT2D eigenvalue weighted by molar-refractivity contribution is 5.14. The Bertz CT molecular complexity index is 395. The second-order valence-electron chi connectivity index (χ2n) is 6.82. The Morgan fingerprint density at radius 1 is 1.00 bits per heavy atom. The molecule has 0 radical (unpaired) electrons. The SMILES string of the molecule is C[C@@H]1CC[C@H](NC2CCN(Cc3ccccc3)CC2)C1. The fourth-order valence-electron chi connectivity index (χ4n) is 3.79. The molecule has 0 aromatic heterocycles. The van der Waals surface area contributed by atoms with Crippen LogP contribution in [0.4, 0.5) is 0 Å². The zero-order valence-electron chi connectivity index (χ0n) is 12.7. The fourth-order valence-corrected chi connectivity index (χ4v) is 3.79. The van der Waals surface area contributed by atoms with Crippen LogP contribution in [-0.2, 0) is 6.54 Å². The number of hydrogen-bond donors (Lipinski definition) is 1. The summed E-state index contributed by atoms with van der Waals surface area (Å²) in [6, 6.07) is 12.4. The monoisotopic (exact) mass is 272 g/mol. The van der Waals surface area contributed by atoms with Crippen LogP contribution in [0, 0.1) is 5.92 Å². The third-order valence-electron chi connectivity index (χ3n) is 5.00. The summed E-state index contributed by atoms with van der Waals surface area (Å²) in [4.78, 5) is 2.60. The van der Waals surface area contributed by atoms with E-state index < -0.39 is 0 Å². The summed E-state index contributed by atoms with van der Waals surface area (Å²) < 4.78 is 0. The van der Waals surface area contributed by atoms with E-state index in [9.17, 15) is 0 Å². The van der Waals surface area contributed by atoms with Gasteiger partial charge in [-0.3, -0.25) is 4.90 Å². The Hall–Kier alpha value is -0.860. The quantitative estimate of drug-likeness (QED) is 0.903. The maximum atomic E-state index is 3.91. The molecule has 1 aliphatic carbocycles. The summed E-state index contributed by atoms with van der Waals surface area (Å²) in [5.74, 6) is 0.936. The molecule has 1 aromatic carbocycles. The predicted octanol–water partition coefficient (Wildman–Crippen LogP) is 3.43. The van der Waals surface area contributed by atoms with Gasteiger partial charge in [-0.1, -0.05) is 37.3 Å². The van der Waals surface area contributed by atoms with Gasteiger partial charge >= 0.3 is 0 Å². The van der Waals surface area contributed by atoms with Gasteiger partial charge < -0.3 is 5.32 Å². The van der Waals surface area contributed by atoms with Crippen LogP contribution >= 0.6 is 0 Å². The molecule has 2 aliphatic rings. The van der Waals surface area contributed by atoms with Gasteiger partial charge in [0.05, 0.1) is 0 Å². The van der Waals surface area contributed by atoms with E-state index in [1.54, 1.807) is 0 Å². The van der Waals surface area contributed by atoms with Gasteiger partial charge in [0.2, 0.25) is 0 Å². The Morgan fingerprint density at radius 3 is 2.40 bits per heavy atom. The first-order valence-corrected chi connectivity index (χ1v) is 8.32. The molecule has 1 aliphatic heterocycles. The number of rotatable bonds is 4. The lowest BCUT2D eigenvalue weighted by atomic mass is 10.0. The first kappa shape index (κ1) is 14.1. The van der Waals surface area contributed by atoms with Gasteiger partial charge in [0, 0.05) is 18.6 Å². The lowest BCUT2D eigenvalue weighted by Gasteiger charge is -2.34. The van der Waals surface area contributed by atoms with E-state index in [1.165, 1.54) is 50.8 Å². The molecule has 3 rings (SSSR count). The van der Waals surface area contributed by atoms with Crippen molar-refractivity contribution in [2.75, 3.05) is 13.1 Å². The molecule has 2 nitrogen and oxygen atoms in total. The van der Waals surface area contributed by atoms with E-state index in [0.29, 0.717) is 0 Å². The van der Waals surface area contributed by atoms with Crippen molar-refractivity contribution in [2.45, 2.75) is 57.7 Å². The molecule has 1 heterocycles. The van der Waals surface area contributed by atoms with Crippen LogP contribution in [0.1, 0.15) is 44.6 Å². The van der Waals surface area contributed by atoms with E-state index in [1.807, 2.05) is 0 Å². The van der Waals surface area contributed by atoms with Crippen molar-refractivity contribution in [1.29, 1.82) is 0 Å². The highest BCUT2D eigenvalue weighted by Gasteiger charge is 2.25. The van der Waals surface area contributed by atoms with Gasteiger partial charge in [0.15, 0.2) is 0 Å². The molecule has 0 bridgehead atoms. The smallest absolute Gasteiger partial charge is 0.0233 e. The Kier molecular flexibility index (Phi) is 4.74. The summed E-state index contributed by atoms with van der Waals surface area (Å²) in [5, 5.41) is 3.91. The second-order valence-corrected chi connectivity index (χ2v) is 6.82. The molecule has 1 saturated carbocycles. The molecule has 1 aromatic rings. The topological polar surface area (TPSA) is 15.3 Å². The molecule has 0 spiro atoms. The normalized spacial score (nSPS) is 28.9. The van der Waals surface area contributed by atoms with Crippen molar-refractivity contribution < 1.29 is 0 Å². The highest BCUT2D eigenvalue weighted by atomic mass is 15.1. The van der Waals surface area contributed by atoms with Crippen molar-refractivity contribution in [3.05, 3.63) is 35.9 Å². The van der Waals surface area contributed by atoms with Gasteiger partial charge in [-0.25, -0.2) is 0 Å². The molecule has 1 saturated heterocycles. The number of likely N-dealkylation sites (tertiary alicyclic amines) is 1. The first-order chi connectivity index (χ1) is 9.79. The Morgan fingerprint density at radius 2 is 1.75 bits per heavy atom. The zero-order chi connectivity index (χ0) is 13.8. The Balaban J connectivity index is 1.41. The standard InChI is InChI=1S/C18H28N2/c1-15-7-8-18(13-15)19-17-9-11-20(12-10-17)14-16-5-3-2-4-6-16/h2-6,15,17-19H,7-14H2,1H3/t15-,18+/m1/s1. The van der Waals surface area contributed by atoms with Crippen molar-refractivity contribution >= 4 is 0 Å². The number of nitrogens with zero attached hydrogens (tertiary/aromatic N) is 1. The minimum absolute atomic E-state index is 0.761. The molecule has 2 heteroatoms. The third kappa shape index (κ3) is 3.83. The van der Waals surface area contributed by atoms with Crippen molar-refractivity contribution in [2.24, 2.45) is 5.92 Å². The van der Waals surface area contributed by atoms with Crippen LogP contribution in [0.3, 0.4) is 0 Å². The van der Waals surface area contributed by atoms with Gasteiger partial charge in [-0.2, -0.15) is 0 Å².